The number of esters is 1. The maximum absolute atomic E-state index is 11.3. The minimum absolute atomic E-state index is 0.0479. The van der Waals surface area contributed by atoms with Crippen LogP contribution in [0, 0.1) is 5.92 Å². The first-order chi connectivity index (χ1) is 6.84. The fourth-order valence-electron chi connectivity index (χ4n) is 1.64. The summed E-state index contributed by atoms with van der Waals surface area (Å²) < 4.78 is 5.19. The van der Waals surface area contributed by atoms with E-state index in [1.165, 1.54) is 32.1 Å². The van der Waals surface area contributed by atoms with Crippen molar-refractivity contribution in [3.63, 3.8) is 0 Å². The first kappa shape index (κ1) is 11.5. The molecule has 0 aromatic carbocycles. The first-order valence-corrected chi connectivity index (χ1v) is 6.01. The second-order valence-corrected chi connectivity index (χ2v) is 4.21. The van der Waals surface area contributed by atoms with Crippen LogP contribution in [0.1, 0.15) is 58.3 Å². The van der Waals surface area contributed by atoms with Gasteiger partial charge in [-0.2, -0.15) is 0 Å². The Labute approximate surface area is 87.0 Å². The molecular weight excluding hydrogens is 176 g/mol. The van der Waals surface area contributed by atoms with Crippen LogP contribution in [0.5, 0.6) is 0 Å². The summed E-state index contributed by atoms with van der Waals surface area (Å²) in [5, 5.41) is 0. The largest absolute Gasteiger partial charge is 0.465 e. The summed E-state index contributed by atoms with van der Waals surface area (Å²) in [6.07, 6.45) is 9.39. The van der Waals surface area contributed by atoms with Gasteiger partial charge in [0.15, 0.2) is 0 Å². The minimum atomic E-state index is 0.0479. The van der Waals surface area contributed by atoms with E-state index in [0.717, 1.165) is 19.3 Å². The van der Waals surface area contributed by atoms with Crippen molar-refractivity contribution in [2.75, 3.05) is 6.61 Å². The van der Waals surface area contributed by atoms with Crippen molar-refractivity contribution in [2.45, 2.75) is 58.3 Å². The molecule has 0 amide bonds. The molecule has 0 bridgehead atoms. The van der Waals surface area contributed by atoms with Gasteiger partial charge in [-0.3, -0.25) is 4.79 Å². The Balaban J connectivity index is 1.85. The van der Waals surface area contributed by atoms with Gasteiger partial charge in [0, 0.05) is 0 Å². The molecule has 0 aromatic heterocycles. The SMILES string of the molecule is CCCCCCCOC(=O)C1CCC1. The van der Waals surface area contributed by atoms with Crippen LogP contribution in [0.4, 0.5) is 0 Å². The number of carbonyl (C=O) groups is 1. The van der Waals surface area contributed by atoms with Crippen molar-refractivity contribution in [2.24, 2.45) is 5.92 Å². The molecular formula is C12H22O2. The maximum atomic E-state index is 11.3. The highest BCUT2D eigenvalue weighted by atomic mass is 16.5. The number of ether oxygens (including phenoxy) is 1. The van der Waals surface area contributed by atoms with Crippen LogP contribution in [0.15, 0.2) is 0 Å². The van der Waals surface area contributed by atoms with Crippen molar-refractivity contribution in [3.05, 3.63) is 0 Å². The normalized spacial score (nSPS) is 16.4. The summed E-state index contributed by atoms with van der Waals surface area (Å²) in [6.45, 7) is 2.84. The van der Waals surface area contributed by atoms with Gasteiger partial charge in [0.2, 0.25) is 0 Å². The summed E-state index contributed by atoms with van der Waals surface area (Å²) in [6, 6.07) is 0. The van der Waals surface area contributed by atoms with Gasteiger partial charge in [-0.1, -0.05) is 39.0 Å². The lowest BCUT2D eigenvalue weighted by molar-refractivity contribution is -0.151. The van der Waals surface area contributed by atoms with Gasteiger partial charge >= 0.3 is 5.97 Å². The highest BCUT2D eigenvalue weighted by Crippen LogP contribution is 2.27. The number of hydrogen-bond donors (Lipinski definition) is 0. The van der Waals surface area contributed by atoms with Crippen LogP contribution in [0.3, 0.4) is 0 Å². The van der Waals surface area contributed by atoms with Crippen LogP contribution in [0.25, 0.3) is 0 Å². The van der Waals surface area contributed by atoms with E-state index in [2.05, 4.69) is 6.92 Å². The van der Waals surface area contributed by atoms with Crippen LogP contribution in [-0.4, -0.2) is 12.6 Å². The number of hydrogen-bond acceptors (Lipinski definition) is 2. The summed E-state index contributed by atoms with van der Waals surface area (Å²) in [5.74, 6) is 0.289. The Bertz CT molecular complexity index is 162. The Morgan fingerprint density at radius 1 is 1.21 bits per heavy atom. The van der Waals surface area contributed by atoms with E-state index in [9.17, 15) is 4.79 Å². The molecule has 82 valence electrons. The Morgan fingerprint density at radius 2 is 1.93 bits per heavy atom. The van der Waals surface area contributed by atoms with Gasteiger partial charge in [-0.05, 0) is 19.3 Å². The third kappa shape index (κ3) is 4.12. The molecule has 1 saturated carbocycles. The van der Waals surface area contributed by atoms with E-state index >= 15 is 0 Å². The van der Waals surface area contributed by atoms with Crippen molar-refractivity contribution in [1.82, 2.24) is 0 Å². The summed E-state index contributed by atoms with van der Waals surface area (Å²) in [4.78, 5) is 11.3. The van der Waals surface area contributed by atoms with E-state index in [4.69, 9.17) is 4.74 Å². The highest BCUT2D eigenvalue weighted by molar-refractivity contribution is 5.73. The van der Waals surface area contributed by atoms with Crippen LogP contribution < -0.4 is 0 Å². The van der Waals surface area contributed by atoms with Crippen molar-refractivity contribution < 1.29 is 9.53 Å². The molecule has 0 radical (unpaired) electrons. The Hall–Kier alpha value is -0.530. The van der Waals surface area contributed by atoms with Gasteiger partial charge in [0.05, 0.1) is 12.5 Å². The standard InChI is InChI=1S/C12H22O2/c1-2-3-4-5-6-10-14-12(13)11-8-7-9-11/h11H,2-10H2,1H3. The van der Waals surface area contributed by atoms with E-state index < -0.39 is 0 Å². The lowest BCUT2D eigenvalue weighted by atomic mass is 9.86. The van der Waals surface area contributed by atoms with Crippen molar-refractivity contribution in [1.29, 1.82) is 0 Å². The lowest BCUT2D eigenvalue weighted by Crippen LogP contribution is -2.24. The second-order valence-electron chi connectivity index (χ2n) is 4.21. The van der Waals surface area contributed by atoms with E-state index in [1.807, 2.05) is 0 Å². The quantitative estimate of drug-likeness (QED) is 0.463. The molecule has 0 atom stereocenters. The highest BCUT2D eigenvalue weighted by Gasteiger charge is 2.26. The zero-order valence-corrected chi connectivity index (χ0v) is 9.26. The predicted molar refractivity (Wildman–Crippen MR) is 57.1 cm³/mol. The Kier molecular flexibility index (Phi) is 5.65. The zero-order chi connectivity index (χ0) is 10.2. The van der Waals surface area contributed by atoms with Gasteiger partial charge in [0.1, 0.15) is 0 Å². The molecule has 0 heterocycles. The minimum Gasteiger partial charge on any atom is -0.465 e. The second kappa shape index (κ2) is 6.86. The average Bonchev–Trinajstić information content (AvgIpc) is 2.08. The number of rotatable bonds is 7. The van der Waals surface area contributed by atoms with Crippen LogP contribution >= 0.6 is 0 Å². The molecule has 1 aliphatic rings. The molecule has 1 rings (SSSR count). The van der Waals surface area contributed by atoms with Crippen LogP contribution in [-0.2, 0) is 9.53 Å². The summed E-state index contributed by atoms with van der Waals surface area (Å²) >= 11 is 0. The number of unbranched alkanes of at least 4 members (excludes halogenated alkanes) is 4. The molecule has 0 aliphatic heterocycles. The molecule has 2 nitrogen and oxygen atoms in total. The maximum Gasteiger partial charge on any atom is 0.308 e. The lowest BCUT2D eigenvalue weighted by Gasteiger charge is -2.22. The molecule has 0 unspecified atom stereocenters. The van der Waals surface area contributed by atoms with E-state index in [1.54, 1.807) is 0 Å². The average molecular weight is 198 g/mol. The van der Waals surface area contributed by atoms with E-state index in [0.29, 0.717) is 6.61 Å². The van der Waals surface area contributed by atoms with Crippen LogP contribution in [0.2, 0.25) is 0 Å². The van der Waals surface area contributed by atoms with Crippen molar-refractivity contribution >= 4 is 5.97 Å². The van der Waals surface area contributed by atoms with Gasteiger partial charge in [-0.15, -0.1) is 0 Å². The number of carbonyl (C=O) groups excluding carboxylic acids is 1. The zero-order valence-electron chi connectivity index (χ0n) is 9.26. The third-order valence-electron chi connectivity index (χ3n) is 2.93. The van der Waals surface area contributed by atoms with E-state index in [-0.39, 0.29) is 11.9 Å². The molecule has 0 saturated heterocycles. The molecule has 1 fully saturated rings. The fraction of sp³-hybridized carbons (Fsp3) is 0.917. The predicted octanol–water partition coefficient (Wildman–Crippen LogP) is 3.30. The molecule has 0 aromatic rings. The molecule has 0 N–H and O–H groups in total. The summed E-state index contributed by atoms with van der Waals surface area (Å²) in [7, 11) is 0. The van der Waals surface area contributed by atoms with Crippen molar-refractivity contribution in [3.8, 4) is 0 Å². The molecule has 2 heteroatoms. The molecule has 0 spiro atoms. The molecule has 1 aliphatic carbocycles. The van der Waals surface area contributed by atoms with Gasteiger partial charge < -0.3 is 4.74 Å². The Morgan fingerprint density at radius 3 is 2.50 bits per heavy atom. The van der Waals surface area contributed by atoms with Gasteiger partial charge in [0.25, 0.3) is 0 Å². The summed E-state index contributed by atoms with van der Waals surface area (Å²) in [5.41, 5.74) is 0. The third-order valence-corrected chi connectivity index (χ3v) is 2.93. The molecule has 14 heavy (non-hydrogen) atoms. The fourth-order valence-corrected chi connectivity index (χ4v) is 1.64. The smallest absolute Gasteiger partial charge is 0.308 e. The first-order valence-electron chi connectivity index (χ1n) is 6.01. The van der Waals surface area contributed by atoms with Gasteiger partial charge in [-0.25, -0.2) is 0 Å². The monoisotopic (exact) mass is 198 g/mol. The topological polar surface area (TPSA) is 26.3 Å².